The number of carbonyl (C=O) groups is 2. The average molecular weight is 452 g/mol. The van der Waals surface area contributed by atoms with Crippen molar-refractivity contribution in [1.29, 1.82) is 0 Å². The molecule has 2 atom stereocenters. The van der Waals surface area contributed by atoms with Gasteiger partial charge in [-0.2, -0.15) is 13.2 Å². The second-order valence-electron chi connectivity index (χ2n) is 8.28. The Morgan fingerprint density at radius 2 is 1.38 bits per heavy atom. The average Bonchev–Trinajstić information content (AvgIpc) is 2.69. The minimum absolute atomic E-state index is 0.673. The summed E-state index contributed by atoms with van der Waals surface area (Å²) in [7, 11) is 0. The summed E-state index contributed by atoms with van der Waals surface area (Å²) in [5.74, 6) is -1.06. The molecular formula is C23H27F3N2O4. The molecule has 6 nitrogen and oxygen atoms in total. The molecule has 2 aromatic rings. The lowest BCUT2D eigenvalue weighted by Crippen LogP contribution is -2.53. The van der Waals surface area contributed by atoms with E-state index in [2.05, 4.69) is 5.32 Å². The molecule has 0 bridgehead atoms. The van der Waals surface area contributed by atoms with Crippen LogP contribution < -0.4 is 10.6 Å². The zero-order valence-electron chi connectivity index (χ0n) is 18.0. The van der Waals surface area contributed by atoms with Crippen LogP contribution in [0.1, 0.15) is 44.4 Å². The number of ether oxygens (including phenoxy) is 1. The lowest BCUT2D eigenvalue weighted by atomic mass is 9.97. The van der Waals surface area contributed by atoms with Crippen molar-refractivity contribution in [1.82, 2.24) is 10.6 Å². The Hall–Kier alpha value is -3.07. The van der Waals surface area contributed by atoms with Crippen LogP contribution in [0.4, 0.5) is 18.0 Å². The van der Waals surface area contributed by atoms with E-state index in [1.54, 1.807) is 81.4 Å². The van der Waals surface area contributed by atoms with E-state index < -0.39 is 48.4 Å². The van der Waals surface area contributed by atoms with Gasteiger partial charge in [0, 0.05) is 0 Å². The molecule has 2 aromatic carbocycles. The van der Waals surface area contributed by atoms with Crippen molar-refractivity contribution in [3.05, 3.63) is 71.8 Å². The number of hydrogen-bond donors (Lipinski definition) is 3. The van der Waals surface area contributed by atoms with Crippen molar-refractivity contribution < 1.29 is 32.6 Å². The molecule has 174 valence electrons. The molecular weight excluding hydrogens is 425 g/mol. The smallest absolute Gasteiger partial charge is 0.407 e. The molecule has 0 aliphatic heterocycles. The molecule has 0 saturated carbocycles. The highest BCUT2D eigenvalue weighted by Crippen LogP contribution is 2.25. The van der Waals surface area contributed by atoms with E-state index >= 15 is 0 Å². The first-order valence-electron chi connectivity index (χ1n) is 10.0. The molecule has 0 fully saturated rings. The van der Waals surface area contributed by atoms with Gasteiger partial charge in [-0.3, -0.25) is 4.79 Å². The van der Waals surface area contributed by atoms with Gasteiger partial charge in [-0.25, -0.2) is 4.79 Å². The zero-order chi connectivity index (χ0) is 23.9. The van der Waals surface area contributed by atoms with Crippen LogP contribution in [-0.4, -0.2) is 41.0 Å². The third kappa shape index (κ3) is 8.22. The van der Waals surface area contributed by atoms with Crippen molar-refractivity contribution in [3.8, 4) is 0 Å². The molecule has 9 heteroatoms. The highest BCUT2D eigenvalue weighted by atomic mass is 19.4. The fourth-order valence-corrected chi connectivity index (χ4v) is 3.01. The van der Waals surface area contributed by atoms with E-state index in [1.165, 1.54) is 0 Å². The molecule has 0 aliphatic carbocycles. The van der Waals surface area contributed by atoms with Gasteiger partial charge < -0.3 is 20.5 Å². The summed E-state index contributed by atoms with van der Waals surface area (Å²) >= 11 is 0. The summed E-state index contributed by atoms with van der Waals surface area (Å²) in [6, 6.07) is 14.9. The van der Waals surface area contributed by atoms with E-state index in [1.807, 2.05) is 5.32 Å². The monoisotopic (exact) mass is 452 g/mol. The second-order valence-corrected chi connectivity index (χ2v) is 8.28. The van der Waals surface area contributed by atoms with Crippen LogP contribution in [0.2, 0.25) is 0 Å². The largest absolute Gasteiger partial charge is 0.444 e. The Morgan fingerprint density at radius 3 is 1.78 bits per heavy atom. The van der Waals surface area contributed by atoms with Crippen LogP contribution in [0.25, 0.3) is 0 Å². The predicted molar refractivity (Wildman–Crippen MR) is 113 cm³/mol. The molecule has 2 amide bonds. The molecule has 2 rings (SSSR count). The maximum Gasteiger partial charge on any atom is 0.407 e. The summed E-state index contributed by atoms with van der Waals surface area (Å²) < 4.78 is 44.2. The van der Waals surface area contributed by atoms with Gasteiger partial charge in [-0.15, -0.1) is 0 Å². The van der Waals surface area contributed by atoms with Crippen molar-refractivity contribution in [2.75, 3.05) is 0 Å². The molecule has 0 saturated heterocycles. The lowest BCUT2D eigenvalue weighted by Gasteiger charge is -2.28. The molecule has 0 aliphatic rings. The number of amides is 2. The SMILES string of the molecule is CC(C)(C)OC(=O)NC(CC(F)(F)F)C(O)C(=O)NC(c1ccccc1)c1ccccc1. The first kappa shape index (κ1) is 25.2. The normalized spacial score (nSPS) is 13.9. The molecule has 0 radical (unpaired) electrons. The zero-order valence-corrected chi connectivity index (χ0v) is 18.0. The van der Waals surface area contributed by atoms with E-state index in [0.717, 1.165) is 0 Å². The fourth-order valence-electron chi connectivity index (χ4n) is 3.01. The quantitative estimate of drug-likeness (QED) is 0.590. The maximum absolute atomic E-state index is 13.1. The highest BCUT2D eigenvalue weighted by Gasteiger charge is 2.40. The number of carbonyl (C=O) groups excluding carboxylic acids is 2. The van der Waals surface area contributed by atoms with Crippen LogP contribution >= 0.6 is 0 Å². The summed E-state index contributed by atoms with van der Waals surface area (Å²) in [6.45, 7) is 4.62. The third-order valence-corrected chi connectivity index (χ3v) is 4.36. The molecule has 0 heterocycles. The summed E-state index contributed by atoms with van der Waals surface area (Å²) in [4.78, 5) is 24.8. The van der Waals surface area contributed by atoms with E-state index in [9.17, 15) is 27.9 Å². The second kappa shape index (κ2) is 10.5. The first-order chi connectivity index (χ1) is 14.9. The van der Waals surface area contributed by atoms with Crippen LogP contribution in [0.5, 0.6) is 0 Å². The number of benzene rings is 2. The fraction of sp³-hybridized carbons (Fsp3) is 0.391. The number of alkyl halides is 3. The highest BCUT2D eigenvalue weighted by molar-refractivity contribution is 5.83. The molecule has 3 N–H and O–H groups in total. The summed E-state index contributed by atoms with van der Waals surface area (Å²) in [5.41, 5.74) is 0.379. The minimum atomic E-state index is -4.74. The van der Waals surface area contributed by atoms with Crippen LogP contribution in [-0.2, 0) is 9.53 Å². The lowest BCUT2D eigenvalue weighted by molar-refractivity contribution is -0.151. The van der Waals surface area contributed by atoms with Gasteiger partial charge in [0.2, 0.25) is 0 Å². The number of hydrogen-bond acceptors (Lipinski definition) is 4. The van der Waals surface area contributed by atoms with Gasteiger partial charge >= 0.3 is 12.3 Å². The van der Waals surface area contributed by atoms with Crippen LogP contribution in [0, 0.1) is 0 Å². The van der Waals surface area contributed by atoms with Gasteiger partial charge in [0.1, 0.15) is 5.60 Å². The molecule has 2 unspecified atom stereocenters. The standard InChI is InChI=1S/C23H27F3N2O4/c1-22(2,3)32-21(31)27-17(14-23(24,25)26)19(29)20(30)28-18(15-10-6-4-7-11-15)16-12-8-5-9-13-16/h4-13,17-19,29H,14H2,1-3H3,(H,27,31)(H,28,30). The Kier molecular flexibility index (Phi) is 8.26. The minimum Gasteiger partial charge on any atom is -0.444 e. The van der Waals surface area contributed by atoms with Crippen molar-refractivity contribution in [2.24, 2.45) is 0 Å². The number of aliphatic hydroxyl groups excluding tert-OH is 1. The maximum atomic E-state index is 13.1. The predicted octanol–water partition coefficient (Wildman–Crippen LogP) is 4.10. The van der Waals surface area contributed by atoms with Crippen LogP contribution in [0.3, 0.4) is 0 Å². The van der Waals surface area contributed by atoms with E-state index in [0.29, 0.717) is 11.1 Å². The Balaban J connectivity index is 2.24. The topological polar surface area (TPSA) is 87.7 Å². The van der Waals surface area contributed by atoms with Gasteiger partial charge in [0.15, 0.2) is 6.10 Å². The number of nitrogens with one attached hydrogen (secondary N) is 2. The van der Waals surface area contributed by atoms with Crippen LogP contribution in [0.15, 0.2) is 60.7 Å². The van der Waals surface area contributed by atoms with Crippen molar-refractivity contribution in [3.63, 3.8) is 0 Å². The third-order valence-electron chi connectivity index (χ3n) is 4.36. The van der Waals surface area contributed by atoms with E-state index in [4.69, 9.17) is 4.74 Å². The summed E-state index contributed by atoms with van der Waals surface area (Å²) in [6.07, 6.45) is -9.68. The molecule has 0 spiro atoms. The van der Waals surface area contributed by atoms with Gasteiger partial charge in [-0.05, 0) is 31.9 Å². The van der Waals surface area contributed by atoms with Gasteiger partial charge in [0.25, 0.3) is 5.91 Å². The molecule has 32 heavy (non-hydrogen) atoms. The summed E-state index contributed by atoms with van der Waals surface area (Å²) in [5, 5.41) is 15.0. The molecule has 0 aromatic heterocycles. The Bertz CT molecular complexity index is 844. The Labute approximate surface area is 184 Å². The first-order valence-corrected chi connectivity index (χ1v) is 10.0. The number of alkyl carbamates (subject to hydrolysis) is 1. The number of halogens is 3. The Morgan fingerprint density at radius 1 is 0.906 bits per heavy atom. The van der Waals surface area contributed by atoms with Crippen molar-refractivity contribution >= 4 is 12.0 Å². The van der Waals surface area contributed by atoms with Gasteiger partial charge in [0.05, 0.1) is 18.5 Å². The number of aliphatic hydroxyl groups is 1. The van der Waals surface area contributed by atoms with Crippen molar-refractivity contribution in [2.45, 2.75) is 57.2 Å². The van der Waals surface area contributed by atoms with Gasteiger partial charge in [-0.1, -0.05) is 60.7 Å². The number of rotatable bonds is 7. The van der Waals surface area contributed by atoms with E-state index in [-0.39, 0.29) is 0 Å².